The third-order valence-corrected chi connectivity index (χ3v) is 3.71. The van der Waals surface area contributed by atoms with Crippen LogP contribution in [0.1, 0.15) is 36.3 Å². The Hall–Kier alpha value is -2.96. The highest BCUT2D eigenvalue weighted by Crippen LogP contribution is 2.07. The van der Waals surface area contributed by atoms with Crippen LogP contribution in [-0.2, 0) is 11.3 Å². The summed E-state index contributed by atoms with van der Waals surface area (Å²) in [6, 6.07) is 11.8. The quantitative estimate of drug-likeness (QED) is 0.824. The van der Waals surface area contributed by atoms with Gasteiger partial charge in [-0.25, -0.2) is 4.68 Å². The zero-order valence-electron chi connectivity index (χ0n) is 14.3. The Labute approximate surface area is 145 Å². The van der Waals surface area contributed by atoms with Crippen molar-refractivity contribution in [3.63, 3.8) is 0 Å². The summed E-state index contributed by atoms with van der Waals surface area (Å²) in [5, 5.41) is 13.0. The van der Waals surface area contributed by atoms with Gasteiger partial charge in [0.05, 0.1) is 13.0 Å². The summed E-state index contributed by atoms with van der Waals surface area (Å²) in [7, 11) is 0. The van der Waals surface area contributed by atoms with E-state index in [1.54, 1.807) is 13.8 Å². The van der Waals surface area contributed by atoms with E-state index in [4.69, 9.17) is 5.11 Å². The van der Waals surface area contributed by atoms with E-state index in [-0.39, 0.29) is 36.8 Å². The molecule has 7 nitrogen and oxygen atoms in total. The van der Waals surface area contributed by atoms with Gasteiger partial charge in [-0.05, 0) is 25.5 Å². The van der Waals surface area contributed by atoms with Crippen molar-refractivity contribution in [2.24, 2.45) is 0 Å². The average molecular weight is 343 g/mol. The lowest BCUT2D eigenvalue weighted by Gasteiger charge is -2.25. The zero-order chi connectivity index (χ0) is 18.4. The number of carboxylic acids is 1. The van der Waals surface area contributed by atoms with Gasteiger partial charge in [-0.2, -0.15) is 5.10 Å². The van der Waals surface area contributed by atoms with E-state index in [0.717, 1.165) is 5.56 Å². The molecule has 0 saturated heterocycles. The number of benzene rings is 1. The first kappa shape index (κ1) is 18.4. The highest BCUT2D eigenvalue weighted by Gasteiger charge is 2.21. The minimum Gasteiger partial charge on any atom is -0.481 e. The zero-order valence-corrected chi connectivity index (χ0v) is 14.3. The first-order chi connectivity index (χ1) is 11.9. The Morgan fingerprint density at radius 2 is 1.84 bits per heavy atom. The SMILES string of the molecule is CC(C)N(CCC(=O)O)C(=O)c1ccc(=O)n(Cc2ccccc2)n1. The van der Waals surface area contributed by atoms with Crippen molar-refractivity contribution in [1.29, 1.82) is 0 Å². The molecule has 0 spiro atoms. The second-order valence-corrected chi connectivity index (χ2v) is 5.94. The molecule has 25 heavy (non-hydrogen) atoms. The Morgan fingerprint density at radius 1 is 1.16 bits per heavy atom. The molecule has 1 amide bonds. The van der Waals surface area contributed by atoms with Gasteiger partial charge in [-0.15, -0.1) is 0 Å². The number of hydrogen-bond acceptors (Lipinski definition) is 4. The molecular formula is C18H21N3O4. The molecule has 0 fully saturated rings. The molecule has 0 saturated carbocycles. The average Bonchev–Trinajstić information content (AvgIpc) is 2.57. The third-order valence-electron chi connectivity index (χ3n) is 3.71. The summed E-state index contributed by atoms with van der Waals surface area (Å²) in [4.78, 5) is 36.9. The van der Waals surface area contributed by atoms with Gasteiger partial charge in [0.15, 0.2) is 0 Å². The second kappa shape index (κ2) is 8.23. The molecule has 0 aliphatic carbocycles. The van der Waals surface area contributed by atoms with Crippen LogP contribution in [0.2, 0.25) is 0 Å². The van der Waals surface area contributed by atoms with Crippen molar-refractivity contribution >= 4 is 11.9 Å². The van der Waals surface area contributed by atoms with E-state index >= 15 is 0 Å². The smallest absolute Gasteiger partial charge is 0.305 e. The number of amides is 1. The maximum absolute atomic E-state index is 12.7. The molecule has 1 heterocycles. The number of aromatic nitrogens is 2. The van der Waals surface area contributed by atoms with E-state index in [1.807, 2.05) is 30.3 Å². The van der Waals surface area contributed by atoms with Gasteiger partial charge in [-0.1, -0.05) is 30.3 Å². The molecule has 2 aromatic rings. The van der Waals surface area contributed by atoms with Crippen LogP contribution < -0.4 is 5.56 Å². The first-order valence-corrected chi connectivity index (χ1v) is 8.03. The minimum atomic E-state index is -0.972. The molecule has 7 heteroatoms. The van der Waals surface area contributed by atoms with E-state index < -0.39 is 11.9 Å². The van der Waals surface area contributed by atoms with Gasteiger partial charge in [0.25, 0.3) is 11.5 Å². The molecular weight excluding hydrogens is 322 g/mol. The van der Waals surface area contributed by atoms with Crippen molar-refractivity contribution in [3.05, 3.63) is 64.1 Å². The van der Waals surface area contributed by atoms with E-state index in [9.17, 15) is 14.4 Å². The standard InChI is InChI=1S/C18H21N3O4/c1-13(2)20(11-10-17(23)24)18(25)15-8-9-16(22)21(19-15)12-14-6-4-3-5-7-14/h3-9,13H,10-12H2,1-2H3,(H,23,24). The van der Waals surface area contributed by atoms with Gasteiger partial charge in [0.1, 0.15) is 5.69 Å². The molecule has 132 valence electrons. The highest BCUT2D eigenvalue weighted by atomic mass is 16.4. The summed E-state index contributed by atoms with van der Waals surface area (Å²) in [6.45, 7) is 3.96. The lowest BCUT2D eigenvalue weighted by atomic mass is 10.2. The Kier molecular flexibility index (Phi) is 6.05. The summed E-state index contributed by atoms with van der Waals surface area (Å²) < 4.78 is 1.23. The number of hydrogen-bond donors (Lipinski definition) is 1. The van der Waals surface area contributed by atoms with Crippen LogP contribution in [0.5, 0.6) is 0 Å². The van der Waals surface area contributed by atoms with Crippen molar-refractivity contribution in [2.75, 3.05) is 6.54 Å². The van der Waals surface area contributed by atoms with Gasteiger partial charge < -0.3 is 10.0 Å². The fourth-order valence-corrected chi connectivity index (χ4v) is 2.39. The monoisotopic (exact) mass is 343 g/mol. The fourth-order valence-electron chi connectivity index (χ4n) is 2.39. The molecule has 1 N–H and O–H groups in total. The summed E-state index contributed by atoms with van der Waals surface area (Å²) in [5.41, 5.74) is 0.713. The predicted octanol–water partition coefficient (Wildman–Crippen LogP) is 1.62. The summed E-state index contributed by atoms with van der Waals surface area (Å²) in [6.07, 6.45) is -0.145. The van der Waals surface area contributed by atoms with Crippen LogP contribution in [0, 0.1) is 0 Å². The first-order valence-electron chi connectivity index (χ1n) is 8.03. The van der Waals surface area contributed by atoms with Gasteiger partial charge in [-0.3, -0.25) is 14.4 Å². The normalized spacial score (nSPS) is 10.7. The Bertz CT molecular complexity index is 799. The van der Waals surface area contributed by atoms with E-state index in [2.05, 4.69) is 5.10 Å². The second-order valence-electron chi connectivity index (χ2n) is 5.94. The highest BCUT2D eigenvalue weighted by molar-refractivity contribution is 5.92. The van der Waals surface area contributed by atoms with Crippen molar-refractivity contribution in [3.8, 4) is 0 Å². The van der Waals surface area contributed by atoms with Crippen molar-refractivity contribution in [2.45, 2.75) is 32.9 Å². The van der Waals surface area contributed by atoms with Gasteiger partial charge in [0, 0.05) is 18.7 Å². The molecule has 1 aromatic heterocycles. The number of nitrogens with zero attached hydrogens (tertiary/aromatic N) is 3. The number of rotatable bonds is 7. The lowest BCUT2D eigenvalue weighted by Crippen LogP contribution is -2.40. The molecule has 0 bridgehead atoms. The number of carbonyl (C=O) groups is 2. The largest absolute Gasteiger partial charge is 0.481 e. The number of carboxylic acid groups (broad SMARTS) is 1. The molecule has 0 radical (unpaired) electrons. The maximum atomic E-state index is 12.7. The fraction of sp³-hybridized carbons (Fsp3) is 0.333. The van der Waals surface area contributed by atoms with Crippen LogP contribution in [0.4, 0.5) is 0 Å². The van der Waals surface area contributed by atoms with Gasteiger partial charge >= 0.3 is 5.97 Å². The van der Waals surface area contributed by atoms with Crippen molar-refractivity contribution in [1.82, 2.24) is 14.7 Å². The summed E-state index contributed by atoms with van der Waals surface area (Å²) >= 11 is 0. The minimum absolute atomic E-state index is 0.0886. The molecule has 2 rings (SSSR count). The van der Waals surface area contributed by atoms with Crippen LogP contribution in [0.3, 0.4) is 0 Å². The molecule has 0 unspecified atom stereocenters. The molecule has 0 aliphatic rings. The third kappa shape index (κ3) is 5.00. The van der Waals surface area contributed by atoms with Crippen LogP contribution in [0.25, 0.3) is 0 Å². The lowest BCUT2D eigenvalue weighted by molar-refractivity contribution is -0.137. The molecule has 0 aliphatic heterocycles. The topological polar surface area (TPSA) is 92.5 Å². The van der Waals surface area contributed by atoms with E-state index in [1.165, 1.54) is 21.7 Å². The van der Waals surface area contributed by atoms with Crippen LogP contribution >= 0.6 is 0 Å². The maximum Gasteiger partial charge on any atom is 0.305 e. The van der Waals surface area contributed by atoms with Crippen molar-refractivity contribution < 1.29 is 14.7 Å². The summed E-state index contributed by atoms with van der Waals surface area (Å²) in [5.74, 6) is -1.36. The number of carbonyl (C=O) groups excluding carboxylic acids is 1. The van der Waals surface area contributed by atoms with E-state index in [0.29, 0.717) is 0 Å². The Morgan fingerprint density at radius 3 is 2.44 bits per heavy atom. The van der Waals surface area contributed by atoms with Crippen LogP contribution in [-0.4, -0.2) is 44.3 Å². The molecule has 0 atom stereocenters. The van der Waals surface area contributed by atoms with Gasteiger partial charge in [0.2, 0.25) is 0 Å². The van der Waals surface area contributed by atoms with Crippen LogP contribution in [0.15, 0.2) is 47.3 Å². The molecule has 1 aromatic carbocycles. The number of aliphatic carboxylic acids is 1. The Balaban J connectivity index is 2.25. The predicted molar refractivity (Wildman–Crippen MR) is 92.5 cm³/mol.